The van der Waals surface area contributed by atoms with Crippen molar-refractivity contribution in [3.8, 4) is 5.75 Å². The summed E-state index contributed by atoms with van der Waals surface area (Å²) in [5.74, 6) is 2.24. The zero-order valence-corrected chi connectivity index (χ0v) is 14.1. The van der Waals surface area contributed by atoms with E-state index in [4.69, 9.17) is 10.5 Å². The smallest absolute Gasteiger partial charge is 0.232 e. The fourth-order valence-corrected chi connectivity index (χ4v) is 3.03. The summed E-state index contributed by atoms with van der Waals surface area (Å²) < 4.78 is 5.23. The van der Waals surface area contributed by atoms with Gasteiger partial charge in [-0.15, -0.1) is 0 Å². The van der Waals surface area contributed by atoms with E-state index >= 15 is 0 Å². The maximum atomic E-state index is 5.87. The summed E-state index contributed by atoms with van der Waals surface area (Å²) in [4.78, 5) is 14.5. The number of quaternary nitrogens is 1. The molecule has 4 N–H and O–H groups in total. The Morgan fingerprint density at radius 1 is 1.12 bits per heavy atom. The number of anilines is 3. The maximum absolute atomic E-state index is 5.87. The van der Waals surface area contributed by atoms with Gasteiger partial charge in [0.15, 0.2) is 5.82 Å². The second kappa shape index (κ2) is 7.92. The highest BCUT2D eigenvalue weighted by molar-refractivity contribution is 5.56. The highest BCUT2D eigenvalue weighted by atomic mass is 16.5. The first kappa shape index (κ1) is 16.4. The quantitative estimate of drug-likeness (QED) is 0.763. The van der Waals surface area contributed by atoms with Crippen molar-refractivity contribution in [2.45, 2.75) is 32.2 Å². The Morgan fingerprint density at radius 3 is 2.67 bits per heavy atom. The van der Waals surface area contributed by atoms with E-state index in [0.29, 0.717) is 5.95 Å². The third-order valence-electron chi connectivity index (χ3n) is 4.24. The Kier molecular flexibility index (Phi) is 5.43. The van der Waals surface area contributed by atoms with Crippen LogP contribution in [0.25, 0.3) is 0 Å². The zero-order chi connectivity index (χ0) is 16.8. The van der Waals surface area contributed by atoms with E-state index in [2.05, 4.69) is 20.3 Å². The lowest BCUT2D eigenvalue weighted by Crippen LogP contribution is -3.10. The van der Waals surface area contributed by atoms with Crippen molar-refractivity contribution in [3.05, 3.63) is 30.1 Å². The molecule has 7 heteroatoms. The maximum Gasteiger partial charge on any atom is 0.232 e. The molecule has 1 aromatic heterocycles. The molecule has 1 aliphatic heterocycles. The van der Waals surface area contributed by atoms with Crippen molar-refractivity contribution < 1.29 is 9.64 Å². The summed E-state index contributed by atoms with van der Waals surface area (Å²) in [7, 11) is 1.64. The number of rotatable bonds is 5. The number of aromatic nitrogens is 3. The van der Waals surface area contributed by atoms with Gasteiger partial charge < -0.3 is 20.7 Å². The molecule has 1 aromatic carbocycles. The van der Waals surface area contributed by atoms with Crippen LogP contribution in [0, 0.1) is 0 Å². The van der Waals surface area contributed by atoms with Crippen molar-refractivity contribution in [2.24, 2.45) is 0 Å². The molecule has 0 amide bonds. The summed E-state index contributed by atoms with van der Waals surface area (Å²) in [6, 6.07) is 7.62. The second-order valence-corrected chi connectivity index (χ2v) is 6.13. The average Bonchev–Trinajstić information content (AvgIpc) is 2.83. The van der Waals surface area contributed by atoms with Gasteiger partial charge in [-0.2, -0.15) is 15.0 Å². The lowest BCUT2D eigenvalue weighted by atomic mass is 10.2. The van der Waals surface area contributed by atoms with E-state index in [9.17, 15) is 0 Å². The molecule has 0 atom stereocenters. The molecule has 2 heterocycles. The van der Waals surface area contributed by atoms with Gasteiger partial charge >= 0.3 is 0 Å². The van der Waals surface area contributed by atoms with Gasteiger partial charge in [0.2, 0.25) is 11.9 Å². The molecule has 1 aliphatic rings. The predicted octanol–water partition coefficient (Wildman–Crippen LogP) is 1.16. The van der Waals surface area contributed by atoms with Crippen molar-refractivity contribution in [1.82, 2.24) is 15.0 Å². The van der Waals surface area contributed by atoms with Crippen LogP contribution < -0.4 is 20.7 Å². The van der Waals surface area contributed by atoms with Crippen molar-refractivity contribution in [1.29, 1.82) is 0 Å². The zero-order valence-electron chi connectivity index (χ0n) is 14.1. The molecular formula is C17H25N6O+. The topological polar surface area (TPSA) is 90.4 Å². The molecular weight excluding hydrogens is 304 g/mol. The minimum atomic E-state index is 0.250. The van der Waals surface area contributed by atoms with Crippen LogP contribution in [0.2, 0.25) is 0 Å². The Hall–Kier alpha value is -2.41. The monoisotopic (exact) mass is 329 g/mol. The summed E-state index contributed by atoms with van der Waals surface area (Å²) in [5, 5.41) is 3.18. The lowest BCUT2D eigenvalue weighted by molar-refractivity contribution is -0.913. The molecule has 1 fully saturated rings. The van der Waals surface area contributed by atoms with E-state index in [1.54, 1.807) is 7.11 Å². The van der Waals surface area contributed by atoms with Crippen LogP contribution >= 0.6 is 0 Å². The van der Waals surface area contributed by atoms with Crippen LogP contribution in [0.4, 0.5) is 17.6 Å². The molecule has 1 saturated heterocycles. The van der Waals surface area contributed by atoms with Gasteiger partial charge in [0.05, 0.1) is 20.2 Å². The number of nitrogens with two attached hydrogens (primary N) is 1. The molecule has 2 aromatic rings. The first-order valence-corrected chi connectivity index (χ1v) is 8.48. The first-order chi connectivity index (χ1) is 11.7. The van der Waals surface area contributed by atoms with E-state index < -0.39 is 0 Å². The van der Waals surface area contributed by atoms with Gasteiger partial charge in [-0.25, -0.2) is 0 Å². The highest BCUT2D eigenvalue weighted by Crippen LogP contribution is 2.19. The molecule has 3 rings (SSSR count). The Bertz CT molecular complexity index is 670. The minimum absolute atomic E-state index is 0.250. The number of hydrogen-bond donors (Lipinski definition) is 3. The van der Waals surface area contributed by atoms with Crippen molar-refractivity contribution in [3.63, 3.8) is 0 Å². The summed E-state index contributed by atoms with van der Waals surface area (Å²) in [6.07, 6.45) is 5.19. The molecule has 0 unspecified atom stereocenters. The van der Waals surface area contributed by atoms with Crippen LogP contribution in [-0.4, -0.2) is 35.2 Å². The molecule has 0 saturated carbocycles. The van der Waals surface area contributed by atoms with Crippen LogP contribution in [0.1, 0.15) is 31.5 Å². The molecule has 128 valence electrons. The highest BCUT2D eigenvalue weighted by Gasteiger charge is 2.15. The molecule has 7 nitrogen and oxygen atoms in total. The largest absolute Gasteiger partial charge is 0.497 e. The van der Waals surface area contributed by atoms with Crippen LogP contribution in [-0.2, 0) is 6.54 Å². The normalized spacial score (nSPS) is 15.7. The first-order valence-electron chi connectivity index (χ1n) is 8.48. The fraction of sp³-hybridized carbons (Fsp3) is 0.471. The second-order valence-electron chi connectivity index (χ2n) is 6.13. The number of ether oxygens (including phenoxy) is 1. The van der Waals surface area contributed by atoms with Gasteiger partial charge in [-0.1, -0.05) is 6.07 Å². The van der Waals surface area contributed by atoms with Gasteiger partial charge in [-0.05, 0) is 37.8 Å². The number of methoxy groups -OCH3 is 1. The van der Waals surface area contributed by atoms with Gasteiger partial charge in [0.25, 0.3) is 0 Å². The number of hydrogen-bond acceptors (Lipinski definition) is 6. The van der Waals surface area contributed by atoms with Crippen molar-refractivity contribution in [2.75, 3.05) is 31.2 Å². The number of benzene rings is 1. The number of nitrogens with one attached hydrogen (secondary N) is 2. The predicted molar refractivity (Wildman–Crippen MR) is 93.4 cm³/mol. The van der Waals surface area contributed by atoms with E-state index in [-0.39, 0.29) is 5.95 Å². The summed E-state index contributed by atoms with van der Waals surface area (Å²) in [5.41, 5.74) is 6.72. The van der Waals surface area contributed by atoms with E-state index in [0.717, 1.165) is 23.8 Å². The molecule has 0 radical (unpaired) electrons. The SMILES string of the molecule is COc1cccc(Nc2nc(N)nc(C[NH+]3CCCCCC3)n2)c1. The molecule has 0 bridgehead atoms. The third kappa shape index (κ3) is 4.55. The van der Waals surface area contributed by atoms with Crippen molar-refractivity contribution >= 4 is 17.6 Å². The molecule has 0 spiro atoms. The Balaban J connectivity index is 1.73. The van der Waals surface area contributed by atoms with Crippen LogP contribution in [0.3, 0.4) is 0 Å². The average molecular weight is 329 g/mol. The van der Waals surface area contributed by atoms with Crippen LogP contribution in [0.5, 0.6) is 5.75 Å². The van der Waals surface area contributed by atoms with Crippen LogP contribution in [0.15, 0.2) is 24.3 Å². The van der Waals surface area contributed by atoms with E-state index in [1.165, 1.54) is 43.7 Å². The number of nitrogens with zero attached hydrogens (tertiary/aromatic N) is 3. The van der Waals surface area contributed by atoms with E-state index in [1.807, 2.05) is 24.3 Å². The third-order valence-corrected chi connectivity index (χ3v) is 4.24. The molecule has 24 heavy (non-hydrogen) atoms. The minimum Gasteiger partial charge on any atom is -0.497 e. The van der Waals surface area contributed by atoms with Gasteiger partial charge in [0, 0.05) is 11.8 Å². The fourth-order valence-electron chi connectivity index (χ4n) is 3.03. The summed E-state index contributed by atoms with van der Waals surface area (Å²) in [6.45, 7) is 3.13. The number of nitrogen functional groups attached to an aromatic ring is 1. The lowest BCUT2D eigenvalue weighted by Gasteiger charge is -2.16. The molecule has 0 aliphatic carbocycles. The summed E-state index contributed by atoms with van der Waals surface area (Å²) >= 11 is 0. The van der Waals surface area contributed by atoms with Gasteiger partial charge in [-0.3, -0.25) is 0 Å². The standard InChI is InChI=1S/C17H24N6O/c1-24-14-8-6-7-13(11-14)19-17-21-15(20-16(18)22-17)12-23-9-4-2-3-5-10-23/h6-8,11H,2-5,9-10,12H2,1H3,(H3,18,19,20,21,22)/p+1. The Labute approximate surface area is 142 Å². The van der Waals surface area contributed by atoms with Gasteiger partial charge in [0.1, 0.15) is 12.3 Å². The number of likely N-dealkylation sites (tertiary alicyclic amines) is 1. The Morgan fingerprint density at radius 2 is 1.92 bits per heavy atom.